The topological polar surface area (TPSA) is 51.2 Å². The lowest BCUT2D eigenvalue weighted by Crippen LogP contribution is -2.08. The zero-order chi connectivity index (χ0) is 12.5. The molecule has 1 fully saturated rings. The number of carbonyl (C=O) groups excluding carboxylic acids is 1. The summed E-state index contributed by atoms with van der Waals surface area (Å²) in [6.07, 6.45) is 3.50. The molecule has 0 bridgehead atoms. The van der Waals surface area contributed by atoms with Gasteiger partial charge in [0.25, 0.3) is 0 Å². The number of rotatable bonds is 5. The molecule has 0 unspecified atom stereocenters. The molecule has 1 aromatic rings. The van der Waals surface area contributed by atoms with Gasteiger partial charge in [-0.05, 0) is 52.9 Å². The Labute approximate surface area is 109 Å². The lowest BCUT2D eigenvalue weighted by Gasteiger charge is -2.07. The monoisotopic (exact) mass is 316 g/mol. The van der Waals surface area contributed by atoms with Crippen molar-refractivity contribution in [2.45, 2.75) is 35.8 Å². The van der Waals surface area contributed by atoms with E-state index < -0.39 is 9.84 Å². The number of carbonyl (C=O) groups is 1. The Kier molecular flexibility index (Phi) is 3.68. The summed E-state index contributed by atoms with van der Waals surface area (Å²) in [7, 11) is -3.15. The average molecular weight is 317 g/mol. The van der Waals surface area contributed by atoms with E-state index >= 15 is 0 Å². The predicted octanol–water partition coefficient (Wildman–Crippen LogP) is 2.52. The third kappa shape index (κ3) is 2.77. The van der Waals surface area contributed by atoms with E-state index in [0.29, 0.717) is 22.2 Å². The van der Waals surface area contributed by atoms with Gasteiger partial charge >= 0.3 is 0 Å². The van der Waals surface area contributed by atoms with Gasteiger partial charge in [-0.15, -0.1) is 0 Å². The summed E-state index contributed by atoms with van der Waals surface area (Å²) < 4.78 is 24.7. The lowest BCUT2D eigenvalue weighted by atomic mass is 10.1. The zero-order valence-corrected chi connectivity index (χ0v) is 11.6. The van der Waals surface area contributed by atoms with E-state index in [1.807, 2.05) is 0 Å². The van der Waals surface area contributed by atoms with Gasteiger partial charge in [0.2, 0.25) is 0 Å². The molecule has 2 rings (SSSR count). The van der Waals surface area contributed by atoms with Gasteiger partial charge in [-0.3, -0.25) is 0 Å². The molecule has 1 aliphatic rings. The summed E-state index contributed by atoms with van der Waals surface area (Å²) in [5.41, 5.74) is 0.971. The summed E-state index contributed by atoms with van der Waals surface area (Å²) in [4.78, 5) is 10.6. The Morgan fingerprint density at radius 1 is 1.35 bits per heavy atom. The molecule has 92 valence electrons. The number of benzene rings is 1. The molecule has 0 N–H and O–H groups in total. The van der Waals surface area contributed by atoms with Crippen molar-refractivity contribution in [3.05, 3.63) is 28.2 Å². The Morgan fingerprint density at radius 3 is 2.59 bits per heavy atom. The maximum Gasteiger partial charge on any atom is 0.182 e. The molecule has 0 radical (unpaired) electrons. The first-order valence-corrected chi connectivity index (χ1v) is 7.85. The molecule has 0 aromatic heterocycles. The largest absolute Gasteiger partial charge is 0.303 e. The Balaban J connectivity index is 2.28. The van der Waals surface area contributed by atoms with Gasteiger partial charge in [-0.25, -0.2) is 8.42 Å². The van der Waals surface area contributed by atoms with Crippen molar-refractivity contribution in [2.75, 3.05) is 0 Å². The maximum absolute atomic E-state index is 12.1. The van der Waals surface area contributed by atoms with E-state index in [0.717, 1.165) is 24.7 Å². The van der Waals surface area contributed by atoms with Crippen molar-refractivity contribution in [1.29, 1.82) is 0 Å². The minimum atomic E-state index is -3.15. The Hall–Kier alpha value is -0.680. The standard InChI is InChI=1S/C12H13BrO3S/c13-11-8-9(2-1-7-14)3-6-12(11)17(15,16)10-4-5-10/h3,6-8,10H,1-2,4-5H2. The van der Waals surface area contributed by atoms with Crippen LogP contribution in [0.3, 0.4) is 0 Å². The molecule has 0 saturated heterocycles. The molecule has 1 aromatic carbocycles. The first kappa shape index (κ1) is 12.8. The molecule has 0 spiro atoms. The van der Waals surface area contributed by atoms with Crippen LogP contribution in [0.2, 0.25) is 0 Å². The molecule has 17 heavy (non-hydrogen) atoms. The van der Waals surface area contributed by atoms with Gasteiger partial charge in [0.05, 0.1) is 10.1 Å². The van der Waals surface area contributed by atoms with Crippen molar-refractivity contribution < 1.29 is 13.2 Å². The van der Waals surface area contributed by atoms with Crippen LogP contribution in [0, 0.1) is 0 Å². The molecular formula is C12H13BrO3S. The average Bonchev–Trinajstić information content (AvgIpc) is 3.10. The molecule has 5 heteroatoms. The summed E-state index contributed by atoms with van der Waals surface area (Å²) >= 11 is 3.30. The van der Waals surface area contributed by atoms with Crippen molar-refractivity contribution in [3.63, 3.8) is 0 Å². The molecule has 0 aliphatic heterocycles. The van der Waals surface area contributed by atoms with Gasteiger partial charge in [0, 0.05) is 10.9 Å². The SMILES string of the molecule is O=CCCc1ccc(S(=O)(=O)C2CC2)c(Br)c1. The number of halogens is 1. The fraction of sp³-hybridized carbons (Fsp3) is 0.417. The highest BCUT2D eigenvalue weighted by atomic mass is 79.9. The normalized spacial score (nSPS) is 15.8. The summed E-state index contributed by atoms with van der Waals surface area (Å²) in [5, 5.41) is -0.195. The fourth-order valence-corrected chi connectivity index (χ4v) is 4.52. The number of sulfone groups is 1. The third-order valence-electron chi connectivity index (χ3n) is 2.82. The molecule has 0 atom stereocenters. The second-order valence-corrected chi connectivity index (χ2v) is 7.27. The van der Waals surface area contributed by atoms with Gasteiger partial charge in [0.15, 0.2) is 9.84 Å². The molecule has 3 nitrogen and oxygen atoms in total. The highest BCUT2D eigenvalue weighted by molar-refractivity contribution is 9.10. The number of hydrogen-bond donors (Lipinski definition) is 0. The second-order valence-electron chi connectivity index (χ2n) is 4.21. The molecule has 0 amide bonds. The Morgan fingerprint density at radius 2 is 2.06 bits per heavy atom. The van der Waals surface area contributed by atoms with Crippen molar-refractivity contribution >= 4 is 32.1 Å². The number of aldehydes is 1. The van der Waals surface area contributed by atoms with Gasteiger partial charge < -0.3 is 4.79 Å². The quantitative estimate of drug-likeness (QED) is 0.784. The van der Waals surface area contributed by atoms with E-state index in [9.17, 15) is 13.2 Å². The minimum Gasteiger partial charge on any atom is -0.303 e. The van der Waals surface area contributed by atoms with Gasteiger partial charge in [-0.1, -0.05) is 6.07 Å². The molecular weight excluding hydrogens is 304 g/mol. The van der Waals surface area contributed by atoms with Gasteiger partial charge in [-0.2, -0.15) is 0 Å². The van der Waals surface area contributed by atoms with Crippen LogP contribution in [0.1, 0.15) is 24.8 Å². The number of aryl methyl sites for hydroxylation is 1. The van der Waals surface area contributed by atoms with Crippen LogP contribution in [0.15, 0.2) is 27.6 Å². The van der Waals surface area contributed by atoms with Crippen LogP contribution < -0.4 is 0 Å². The van der Waals surface area contributed by atoms with E-state index in [4.69, 9.17) is 0 Å². The highest BCUT2D eigenvalue weighted by Crippen LogP contribution is 2.36. The van der Waals surface area contributed by atoms with Crippen LogP contribution in [-0.4, -0.2) is 20.0 Å². The third-order valence-corrected chi connectivity index (χ3v) is 6.05. The minimum absolute atomic E-state index is 0.195. The van der Waals surface area contributed by atoms with E-state index in [2.05, 4.69) is 15.9 Å². The predicted molar refractivity (Wildman–Crippen MR) is 68.7 cm³/mol. The van der Waals surface area contributed by atoms with Crippen molar-refractivity contribution in [1.82, 2.24) is 0 Å². The molecule has 1 saturated carbocycles. The van der Waals surface area contributed by atoms with E-state index in [1.54, 1.807) is 18.2 Å². The summed E-state index contributed by atoms with van der Waals surface area (Å²) in [6.45, 7) is 0. The van der Waals surface area contributed by atoms with Crippen molar-refractivity contribution in [3.8, 4) is 0 Å². The van der Waals surface area contributed by atoms with Crippen LogP contribution in [0.25, 0.3) is 0 Å². The van der Waals surface area contributed by atoms with Crippen LogP contribution >= 0.6 is 15.9 Å². The molecule has 0 heterocycles. The maximum atomic E-state index is 12.1. The summed E-state index contributed by atoms with van der Waals surface area (Å²) in [5.74, 6) is 0. The van der Waals surface area contributed by atoms with Crippen LogP contribution in [0.5, 0.6) is 0 Å². The van der Waals surface area contributed by atoms with E-state index in [-0.39, 0.29) is 5.25 Å². The van der Waals surface area contributed by atoms with Crippen molar-refractivity contribution in [2.24, 2.45) is 0 Å². The Bertz CT molecular complexity index is 533. The van der Waals surface area contributed by atoms with E-state index in [1.165, 1.54) is 0 Å². The van der Waals surface area contributed by atoms with Gasteiger partial charge in [0.1, 0.15) is 6.29 Å². The summed E-state index contributed by atoms with van der Waals surface area (Å²) in [6, 6.07) is 5.21. The van der Waals surface area contributed by atoms with Crippen LogP contribution in [0.4, 0.5) is 0 Å². The van der Waals surface area contributed by atoms with Crippen LogP contribution in [-0.2, 0) is 21.1 Å². The second kappa shape index (κ2) is 4.90. The number of hydrogen-bond acceptors (Lipinski definition) is 3. The highest BCUT2D eigenvalue weighted by Gasteiger charge is 2.37. The first-order chi connectivity index (χ1) is 8.05. The lowest BCUT2D eigenvalue weighted by molar-refractivity contribution is -0.107. The first-order valence-electron chi connectivity index (χ1n) is 5.51. The fourth-order valence-electron chi connectivity index (χ4n) is 1.71. The molecule has 1 aliphatic carbocycles. The zero-order valence-electron chi connectivity index (χ0n) is 9.23. The smallest absolute Gasteiger partial charge is 0.182 e.